The van der Waals surface area contributed by atoms with E-state index >= 15 is 0 Å². The van der Waals surface area contributed by atoms with Crippen LogP contribution in [0, 0.1) is 0 Å². The fraction of sp³-hybridized carbons (Fsp3) is 0.381. The Morgan fingerprint density at radius 1 is 1.11 bits per heavy atom. The molecule has 6 heteroatoms. The van der Waals surface area contributed by atoms with E-state index in [0.29, 0.717) is 6.42 Å². The lowest BCUT2D eigenvalue weighted by molar-refractivity contribution is -0.917. The van der Waals surface area contributed by atoms with Crippen LogP contribution in [0.1, 0.15) is 30.5 Å². The standard InChI is InChI=1S/C21H26N4O2/c1-17(26)23-20(19-5-3-2-4-6-19)15-21(27)25-13-11-24(12-14-25)16-18-7-9-22-10-8-18/h2-10,20H,11-16H2,1H3,(H,23,26)/p+1/t20-/m1/s1. The van der Waals surface area contributed by atoms with Gasteiger partial charge in [-0.1, -0.05) is 30.3 Å². The minimum atomic E-state index is -0.279. The van der Waals surface area contributed by atoms with Crippen LogP contribution in [0.25, 0.3) is 0 Å². The zero-order valence-electron chi connectivity index (χ0n) is 15.7. The second kappa shape index (κ2) is 9.28. The first-order valence-corrected chi connectivity index (χ1v) is 9.44. The van der Waals surface area contributed by atoms with Gasteiger partial charge in [-0.25, -0.2) is 0 Å². The van der Waals surface area contributed by atoms with E-state index in [9.17, 15) is 9.59 Å². The molecule has 0 unspecified atom stereocenters. The minimum Gasteiger partial charge on any atom is -0.349 e. The molecule has 1 aromatic heterocycles. The first-order chi connectivity index (χ1) is 13.1. The molecule has 1 saturated heterocycles. The van der Waals surface area contributed by atoms with E-state index in [0.717, 1.165) is 38.3 Å². The zero-order valence-corrected chi connectivity index (χ0v) is 15.7. The highest BCUT2D eigenvalue weighted by Gasteiger charge is 2.26. The highest BCUT2D eigenvalue weighted by molar-refractivity contribution is 5.79. The fourth-order valence-electron chi connectivity index (χ4n) is 3.53. The summed E-state index contributed by atoms with van der Waals surface area (Å²) in [4.78, 5) is 31.8. The molecule has 0 bridgehead atoms. The van der Waals surface area contributed by atoms with Crippen molar-refractivity contribution in [1.82, 2.24) is 15.2 Å². The number of nitrogens with zero attached hydrogens (tertiary/aromatic N) is 2. The van der Waals surface area contributed by atoms with Crippen LogP contribution in [0.4, 0.5) is 0 Å². The normalized spacial score (nSPS) is 16.0. The molecule has 6 nitrogen and oxygen atoms in total. The summed E-state index contributed by atoms with van der Waals surface area (Å²) in [6, 6.07) is 13.5. The zero-order chi connectivity index (χ0) is 19.1. The number of piperazine rings is 1. The quantitative estimate of drug-likeness (QED) is 0.785. The third-order valence-electron chi connectivity index (χ3n) is 4.98. The molecule has 1 fully saturated rings. The number of hydrogen-bond acceptors (Lipinski definition) is 3. The van der Waals surface area contributed by atoms with Gasteiger partial charge in [0.05, 0.1) is 38.6 Å². The second-order valence-corrected chi connectivity index (χ2v) is 7.03. The third kappa shape index (κ3) is 5.62. The molecule has 2 amide bonds. The van der Waals surface area contributed by atoms with E-state index in [-0.39, 0.29) is 17.9 Å². The van der Waals surface area contributed by atoms with Crippen molar-refractivity contribution >= 4 is 11.8 Å². The van der Waals surface area contributed by atoms with Crippen molar-refractivity contribution in [3.05, 3.63) is 66.0 Å². The van der Waals surface area contributed by atoms with Crippen molar-refractivity contribution in [2.75, 3.05) is 26.2 Å². The summed E-state index contributed by atoms with van der Waals surface area (Å²) in [6.07, 6.45) is 3.93. The van der Waals surface area contributed by atoms with E-state index in [1.54, 1.807) is 0 Å². The SMILES string of the molecule is CC(=O)N[C@H](CC(=O)N1CC[NH+](Cc2ccncc2)CC1)c1ccccc1. The number of nitrogens with one attached hydrogen (secondary N) is 2. The number of carbonyl (C=O) groups excluding carboxylic acids is 2. The van der Waals surface area contributed by atoms with Gasteiger partial charge in [0.25, 0.3) is 0 Å². The van der Waals surface area contributed by atoms with Gasteiger partial charge in [0.2, 0.25) is 11.8 Å². The highest BCUT2D eigenvalue weighted by atomic mass is 16.2. The number of aromatic nitrogens is 1. The minimum absolute atomic E-state index is 0.0977. The molecule has 2 aromatic rings. The Kier molecular flexibility index (Phi) is 6.54. The van der Waals surface area contributed by atoms with E-state index in [1.807, 2.05) is 59.8 Å². The number of amides is 2. The molecule has 0 spiro atoms. The maximum absolute atomic E-state index is 12.8. The molecule has 3 rings (SSSR count). The van der Waals surface area contributed by atoms with Gasteiger partial charge in [-0.05, 0) is 17.7 Å². The van der Waals surface area contributed by atoms with Crippen LogP contribution in [0.5, 0.6) is 0 Å². The Balaban J connectivity index is 1.54. The summed E-state index contributed by atoms with van der Waals surface area (Å²) < 4.78 is 0. The Hall–Kier alpha value is -2.73. The molecule has 0 saturated carbocycles. The maximum Gasteiger partial charge on any atom is 0.225 e. The van der Waals surface area contributed by atoms with E-state index < -0.39 is 0 Å². The molecule has 27 heavy (non-hydrogen) atoms. The van der Waals surface area contributed by atoms with E-state index in [2.05, 4.69) is 10.3 Å². The number of pyridine rings is 1. The van der Waals surface area contributed by atoms with Crippen molar-refractivity contribution in [3.8, 4) is 0 Å². The van der Waals surface area contributed by atoms with Crippen molar-refractivity contribution in [2.24, 2.45) is 0 Å². The van der Waals surface area contributed by atoms with Gasteiger partial charge < -0.3 is 15.1 Å². The lowest BCUT2D eigenvalue weighted by atomic mass is 10.0. The Morgan fingerprint density at radius 3 is 2.41 bits per heavy atom. The van der Waals surface area contributed by atoms with Crippen LogP contribution in [-0.4, -0.2) is 47.9 Å². The second-order valence-electron chi connectivity index (χ2n) is 7.03. The summed E-state index contributed by atoms with van der Waals surface area (Å²) in [5.41, 5.74) is 2.23. The Labute approximate surface area is 160 Å². The molecule has 1 aliphatic rings. The molecule has 1 aromatic carbocycles. The van der Waals surface area contributed by atoms with Crippen molar-refractivity contribution in [3.63, 3.8) is 0 Å². The molecular weight excluding hydrogens is 340 g/mol. The first-order valence-electron chi connectivity index (χ1n) is 9.44. The van der Waals surface area contributed by atoms with Crippen molar-refractivity contribution in [2.45, 2.75) is 25.9 Å². The maximum atomic E-state index is 12.8. The Bertz CT molecular complexity index is 743. The highest BCUT2D eigenvalue weighted by Crippen LogP contribution is 2.18. The molecule has 0 aliphatic carbocycles. The van der Waals surface area contributed by atoms with Gasteiger partial charge >= 0.3 is 0 Å². The average molecular weight is 367 g/mol. The number of hydrogen-bond donors (Lipinski definition) is 2. The molecule has 1 aliphatic heterocycles. The number of carbonyl (C=O) groups is 2. The molecule has 0 radical (unpaired) electrons. The fourth-order valence-corrected chi connectivity index (χ4v) is 3.53. The monoisotopic (exact) mass is 367 g/mol. The van der Waals surface area contributed by atoms with Crippen molar-refractivity contribution < 1.29 is 14.5 Å². The van der Waals surface area contributed by atoms with Crippen LogP contribution in [-0.2, 0) is 16.1 Å². The smallest absolute Gasteiger partial charge is 0.225 e. The predicted octanol–water partition coefficient (Wildman–Crippen LogP) is 0.576. The molecule has 2 heterocycles. The lowest BCUT2D eigenvalue weighted by Crippen LogP contribution is -3.13. The van der Waals surface area contributed by atoms with Gasteiger partial charge in [0, 0.05) is 24.9 Å². The first kappa shape index (κ1) is 19.0. The summed E-state index contributed by atoms with van der Waals surface area (Å²) in [5, 5.41) is 2.91. The topological polar surface area (TPSA) is 66.7 Å². The van der Waals surface area contributed by atoms with Crippen LogP contribution in [0.15, 0.2) is 54.9 Å². The van der Waals surface area contributed by atoms with E-state index in [1.165, 1.54) is 17.4 Å². The number of quaternary nitrogens is 1. The summed E-state index contributed by atoms with van der Waals surface area (Å²) in [7, 11) is 0. The van der Waals surface area contributed by atoms with Gasteiger partial charge in [-0.3, -0.25) is 14.6 Å². The van der Waals surface area contributed by atoms with Gasteiger partial charge in [0.15, 0.2) is 0 Å². The van der Waals surface area contributed by atoms with Gasteiger partial charge in [-0.2, -0.15) is 0 Å². The third-order valence-corrected chi connectivity index (χ3v) is 4.98. The van der Waals surface area contributed by atoms with Crippen LogP contribution >= 0.6 is 0 Å². The van der Waals surface area contributed by atoms with Gasteiger partial charge in [0.1, 0.15) is 6.54 Å². The Morgan fingerprint density at radius 2 is 1.78 bits per heavy atom. The molecule has 2 N–H and O–H groups in total. The molecule has 142 valence electrons. The van der Waals surface area contributed by atoms with E-state index in [4.69, 9.17) is 0 Å². The predicted molar refractivity (Wildman–Crippen MR) is 103 cm³/mol. The average Bonchev–Trinajstić information content (AvgIpc) is 2.69. The van der Waals surface area contributed by atoms with Crippen LogP contribution < -0.4 is 10.2 Å². The largest absolute Gasteiger partial charge is 0.349 e. The van der Waals surface area contributed by atoms with Crippen LogP contribution in [0.3, 0.4) is 0 Å². The summed E-state index contributed by atoms with van der Waals surface area (Å²) >= 11 is 0. The lowest BCUT2D eigenvalue weighted by Gasteiger charge is -2.33. The molecule has 1 atom stereocenters. The summed E-state index contributed by atoms with van der Waals surface area (Å²) in [5.74, 6) is -0.0242. The summed E-state index contributed by atoms with van der Waals surface area (Å²) in [6.45, 7) is 5.82. The van der Waals surface area contributed by atoms with Crippen molar-refractivity contribution in [1.29, 1.82) is 0 Å². The van der Waals surface area contributed by atoms with Crippen LogP contribution in [0.2, 0.25) is 0 Å². The molecular formula is C21H27N4O2+. The number of benzene rings is 1. The number of rotatable bonds is 6. The van der Waals surface area contributed by atoms with Gasteiger partial charge in [-0.15, -0.1) is 0 Å².